The van der Waals surface area contributed by atoms with E-state index in [1.807, 2.05) is 13.8 Å². The van der Waals surface area contributed by atoms with Crippen LogP contribution < -0.4 is 5.32 Å². The molecule has 0 fully saturated rings. The third-order valence-electron chi connectivity index (χ3n) is 2.84. The lowest BCUT2D eigenvalue weighted by atomic mass is 10.2. The number of nitrogens with zero attached hydrogens (tertiary/aromatic N) is 2. The van der Waals surface area contributed by atoms with Crippen LogP contribution in [0.1, 0.15) is 27.2 Å². The molecule has 1 atom stereocenters. The minimum Gasteiger partial charge on any atom is -0.480 e. The molecule has 0 radical (unpaired) electrons. The van der Waals surface area contributed by atoms with Crippen LogP contribution in [0.2, 0.25) is 0 Å². The van der Waals surface area contributed by atoms with Gasteiger partial charge in [0.1, 0.15) is 12.6 Å². The first-order valence-corrected chi connectivity index (χ1v) is 6.39. The molecule has 3 amide bonds. The normalized spacial score (nSPS) is 11.6. The van der Waals surface area contributed by atoms with Gasteiger partial charge in [-0.3, -0.25) is 4.79 Å². The Labute approximate surface area is 113 Å². The summed E-state index contributed by atoms with van der Waals surface area (Å²) in [6.07, 6.45) is 0.291. The lowest BCUT2D eigenvalue weighted by Crippen LogP contribution is -2.49. The van der Waals surface area contributed by atoms with E-state index >= 15 is 0 Å². The molecule has 110 valence electrons. The Balaban J connectivity index is 4.41. The van der Waals surface area contributed by atoms with Crippen LogP contribution in [0.4, 0.5) is 4.79 Å². The number of nitrogens with one attached hydrogen (secondary N) is 1. The van der Waals surface area contributed by atoms with Gasteiger partial charge >= 0.3 is 12.0 Å². The van der Waals surface area contributed by atoms with Gasteiger partial charge in [0.05, 0.1) is 0 Å². The van der Waals surface area contributed by atoms with Gasteiger partial charge in [0, 0.05) is 20.1 Å². The maximum atomic E-state index is 11.8. The van der Waals surface area contributed by atoms with Gasteiger partial charge in [-0.1, -0.05) is 6.92 Å². The Morgan fingerprint density at radius 3 is 2.05 bits per heavy atom. The number of hydrogen-bond donors (Lipinski definition) is 2. The van der Waals surface area contributed by atoms with Crippen molar-refractivity contribution >= 4 is 17.9 Å². The molecule has 0 spiro atoms. The van der Waals surface area contributed by atoms with Crippen molar-refractivity contribution in [3.05, 3.63) is 0 Å². The molecule has 0 unspecified atom stereocenters. The summed E-state index contributed by atoms with van der Waals surface area (Å²) < 4.78 is 0. The molecule has 0 aromatic carbocycles. The Bertz CT molecular complexity index is 329. The van der Waals surface area contributed by atoms with Crippen LogP contribution in [-0.4, -0.2) is 65.5 Å². The SMILES string of the molecule is CC[C@H](NC(=O)N(C)CC(=O)N(CC)CC)C(=O)O. The number of carboxylic acid groups (broad SMARTS) is 1. The quantitative estimate of drug-likeness (QED) is 0.700. The summed E-state index contributed by atoms with van der Waals surface area (Å²) in [5.41, 5.74) is 0. The topological polar surface area (TPSA) is 90.0 Å². The first kappa shape index (κ1) is 17.2. The predicted molar refractivity (Wildman–Crippen MR) is 70.8 cm³/mol. The average molecular weight is 273 g/mol. The van der Waals surface area contributed by atoms with Gasteiger partial charge in [0.2, 0.25) is 5.91 Å². The van der Waals surface area contributed by atoms with Crippen LogP contribution in [0.25, 0.3) is 0 Å². The molecule has 0 heterocycles. The van der Waals surface area contributed by atoms with Gasteiger partial charge in [0.25, 0.3) is 0 Å². The summed E-state index contributed by atoms with van der Waals surface area (Å²) in [6.45, 7) is 6.48. The van der Waals surface area contributed by atoms with E-state index in [1.54, 1.807) is 11.8 Å². The first-order chi connectivity index (χ1) is 8.87. The Morgan fingerprint density at radius 1 is 1.16 bits per heavy atom. The highest BCUT2D eigenvalue weighted by Crippen LogP contribution is 1.96. The molecule has 0 saturated heterocycles. The smallest absolute Gasteiger partial charge is 0.326 e. The van der Waals surface area contributed by atoms with Gasteiger partial charge in [-0.05, 0) is 20.3 Å². The van der Waals surface area contributed by atoms with Crippen molar-refractivity contribution in [2.45, 2.75) is 33.2 Å². The van der Waals surface area contributed by atoms with E-state index in [4.69, 9.17) is 5.11 Å². The number of amides is 3. The molecule has 0 aromatic rings. The van der Waals surface area contributed by atoms with E-state index in [1.165, 1.54) is 11.9 Å². The number of urea groups is 1. The van der Waals surface area contributed by atoms with E-state index in [0.717, 1.165) is 0 Å². The van der Waals surface area contributed by atoms with E-state index < -0.39 is 18.0 Å². The highest BCUT2D eigenvalue weighted by molar-refractivity contribution is 5.86. The van der Waals surface area contributed by atoms with Gasteiger partial charge in [-0.25, -0.2) is 9.59 Å². The number of hydrogen-bond acceptors (Lipinski definition) is 3. The van der Waals surface area contributed by atoms with E-state index in [-0.39, 0.29) is 12.5 Å². The molecule has 7 nitrogen and oxygen atoms in total. The molecule has 19 heavy (non-hydrogen) atoms. The van der Waals surface area contributed by atoms with E-state index in [2.05, 4.69) is 5.32 Å². The molecule has 0 saturated carbocycles. The van der Waals surface area contributed by atoms with Crippen molar-refractivity contribution in [3.8, 4) is 0 Å². The summed E-state index contributed by atoms with van der Waals surface area (Å²) in [6, 6.07) is -1.49. The molecule has 0 aliphatic rings. The molecule has 0 bridgehead atoms. The largest absolute Gasteiger partial charge is 0.480 e. The summed E-state index contributed by atoms with van der Waals surface area (Å²) >= 11 is 0. The van der Waals surface area contributed by atoms with Crippen molar-refractivity contribution in [2.24, 2.45) is 0 Å². The summed E-state index contributed by atoms with van der Waals surface area (Å²) in [5.74, 6) is -1.25. The summed E-state index contributed by atoms with van der Waals surface area (Å²) in [5, 5.41) is 11.2. The van der Waals surface area contributed by atoms with Crippen LogP contribution in [0.15, 0.2) is 0 Å². The number of likely N-dealkylation sites (N-methyl/N-ethyl adjacent to an activating group) is 2. The highest BCUT2D eigenvalue weighted by Gasteiger charge is 2.21. The van der Waals surface area contributed by atoms with Crippen LogP contribution >= 0.6 is 0 Å². The predicted octanol–water partition coefficient (Wildman–Crippen LogP) is 0.359. The highest BCUT2D eigenvalue weighted by atomic mass is 16.4. The number of rotatable bonds is 7. The Morgan fingerprint density at radius 2 is 1.68 bits per heavy atom. The van der Waals surface area contributed by atoms with Crippen LogP contribution in [-0.2, 0) is 9.59 Å². The van der Waals surface area contributed by atoms with Crippen molar-refractivity contribution in [1.82, 2.24) is 15.1 Å². The minimum atomic E-state index is -1.08. The second kappa shape index (κ2) is 8.34. The Hall–Kier alpha value is -1.79. The van der Waals surface area contributed by atoms with Gasteiger partial charge < -0.3 is 20.2 Å². The molecule has 0 aromatic heterocycles. The zero-order valence-electron chi connectivity index (χ0n) is 12.0. The zero-order chi connectivity index (χ0) is 15.0. The van der Waals surface area contributed by atoms with Crippen molar-refractivity contribution in [2.75, 3.05) is 26.7 Å². The lowest BCUT2D eigenvalue weighted by Gasteiger charge is -2.24. The third-order valence-corrected chi connectivity index (χ3v) is 2.84. The monoisotopic (exact) mass is 273 g/mol. The van der Waals surface area contributed by atoms with E-state index in [0.29, 0.717) is 19.5 Å². The molecule has 0 aliphatic heterocycles. The van der Waals surface area contributed by atoms with Gasteiger partial charge in [0.15, 0.2) is 0 Å². The molecular weight excluding hydrogens is 250 g/mol. The molecule has 2 N–H and O–H groups in total. The maximum absolute atomic E-state index is 11.8. The Kier molecular flexibility index (Phi) is 7.55. The molecular formula is C12H23N3O4. The fourth-order valence-electron chi connectivity index (χ4n) is 1.55. The maximum Gasteiger partial charge on any atom is 0.326 e. The fourth-order valence-corrected chi connectivity index (χ4v) is 1.55. The fraction of sp³-hybridized carbons (Fsp3) is 0.750. The number of carbonyl (C=O) groups excluding carboxylic acids is 2. The van der Waals surface area contributed by atoms with Crippen LogP contribution in [0.5, 0.6) is 0 Å². The van der Waals surface area contributed by atoms with Crippen molar-refractivity contribution < 1.29 is 19.5 Å². The lowest BCUT2D eigenvalue weighted by molar-refractivity contribution is -0.139. The third kappa shape index (κ3) is 5.58. The van der Waals surface area contributed by atoms with Crippen LogP contribution in [0.3, 0.4) is 0 Å². The summed E-state index contributed by atoms with van der Waals surface area (Å²) in [7, 11) is 1.46. The standard InChI is InChI=1S/C12H23N3O4/c1-5-9(11(17)18)13-12(19)14(4)8-10(16)15(6-2)7-3/h9H,5-8H2,1-4H3,(H,13,19)(H,17,18)/t9-/m0/s1. The van der Waals surface area contributed by atoms with Gasteiger partial charge in [-0.2, -0.15) is 0 Å². The number of aliphatic carboxylic acids is 1. The summed E-state index contributed by atoms with van der Waals surface area (Å²) in [4.78, 5) is 37.1. The van der Waals surface area contributed by atoms with Crippen molar-refractivity contribution in [1.29, 1.82) is 0 Å². The van der Waals surface area contributed by atoms with Gasteiger partial charge in [-0.15, -0.1) is 0 Å². The zero-order valence-corrected chi connectivity index (χ0v) is 12.0. The molecule has 0 rings (SSSR count). The second-order valence-corrected chi connectivity index (χ2v) is 4.17. The van der Waals surface area contributed by atoms with E-state index in [9.17, 15) is 14.4 Å². The number of carboxylic acids is 1. The average Bonchev–Trinajstić information content (AvgIpc) is 2.36. The minimum absolute atomic E-state index is 0.0659. The number of carbonyl (C=O) groups is 3. The molecule has 7 heteroatoms. The second-order valence-electron chi connectivity index (χ2n) is 4.17. The van der Waals surface area contributed by atoms with Crippen molar-refractivity contribution in [3.63, 3.8) is 0 Å². The van der Waals surface area contributed by atoms with Crippen LogP contribution in [0, 0.1) is 0 Å². The molecule has 0 aliphatic carbocycles. The first-order valence-electron chi connectivity index (χ1n) is 6.39.